The Morgan fingerprint density at radius 3 is 2.61 bits per heavy atom. The Balaban J connectivity index is 2.06. The molecular formula is C18H24N4O. The topological polar surface area (TPSA) is 59.4 Å². The number of likely N-dealkylation sites (N-methyl/N-ethyl adjacent to an activating group) is 1. The summed E-state index contributed by atoms with van der Waals surface area (Å²) in [5.41, 5.74) is 3.04. The second-order valence-corrected chi connectivity index (χ2v) is 5.83. The fourth-order valence-electron chi connectivity index (χ4n) is 2.61. The van der Waals surface area contributed by atoms with Gasteiger partial charge in [0.15, 0.2) is 0 Å². The summed E-state index contributed by atoms with van der Waals surface area (Å²) in [6.07, 6.45) is 1.69. The second kappa shape index (κ2) is 7.80. The van der Waals surface area contributed by atoms with E-state index in [2.05, 4.69) is 17.1 Å². The van der Waals surface area contributed by atoms with Crippen molar-refractivity contribution in [1.82, 2.24) is 9.80 Å². The van der Waals surface area contributed by atoms with Gasteiger partial charge >= 0.3 is 0 Å². The van der Waals surface area contributed by atoms with Gasteiger partial charge in [-0.15, -0.1) is 0 Å². The molecule has 23 heavy (non-hydrogen) atoms. The standard InChI is InChI=1S/C18H24N4O/c1-4-21-8-10-22(11-9-21)13-16(12-19)18(23)20-17-7-5-6-14(2)15(17)3/h5-7,13H,4,8-11H2,1-3H3,(H,20,23)/b16-13-. The number of nitriles is 1. The summed E-state index contributed by atoms with van der Waals surface area (Å²) in [4.78, 5) is 16.8. The van der Waals surface area contributed by atoms with Crippen LogP contribution in [0.1, 0.15) is 18.1 Å². The van der Waals surface area contributed by atoms with Gasteiger partial charge < -0.3 is 15.1 Å². The number of hydrogen-bond acceptors (Lipinski definition) is 4. The molecule has 0 spiro atoms. The van der Waals surface area contributed by atoms with Gasteiger partial charge in [0, 0.05) is 38.1 Å². The number of rotatable bonds is 4. The number of carbonyl (C=O) groups is 1. The van der Waals surface area contributed by atoms with Gasteiger partial charge in [0.2, 0.25) is 0 Å². The van der Waals surface area contributed by atoms with Crippen LogP contribution in [0.4, 0.5) is 5.69 Å². The summed E-state index contributed by atoms with van der Waals surface area (Å²) in [5.74, 6) is -0.348. The smallest absolute Gasteiger partial charge is 0.267 e. The lowest BCUT2D eigenvalue weighted by atomic mass is 10.1. The zero-order chi connectivity index (χ0) is 16.8. The molecule has 1 fully saturated rings. The van der Waals surface area contributed by atoms with E-state index in [0.717, 1.165) is 49.5 Å². The summed E-state index contributed by atoms with van der Waals surface area (Å²) < 4.78 is 0. The van der Waals surface area contributed by atoms with Crippen molar-refractivity contribution in [2.45, 2.75) is 20.8 Å². The fourth-order valence-corrected chi connectivity index (χ4v) is 2.61. The van der Waals surface area contributed by atoms with Crippen LogP contribution >= 0.6 is 0 Å². The molecular weight excluding hydrogens is 288 g/mol. The van der Waals surface area contributed by atoms with Gasteiger partial charge in [-0.2, -0.15) is 5.26 Å². The summed E-state index contributed by atoms with van der Waals surface area (Å²) in [6, 6.07) is 7.78. The molecule has 5 nitrogen and oxygen atoms in total. The molecule has 0 aliphatic carbocycles. The van der Waals surface area contributed by atoms with Gasteiger partial charge in [0.25, 0.3) is 5.91 Å². The summed E-state index contributed by atoms with van der Waals surface area (Å²) in [7, 11) is 0. The average Bonchev–Trinajstić information content (AvgIpc) is 2.57. The molecule has 2 rings (SSSR count). The molecule has 1 aromatic carbocycles. The maximum Gasteiger partial charge on any atom is 0.267 e. The van der Waals surface area contributed by atoms with Crippen LogP contribution in [-0.2, 0) is 4.79 Å². The van der Waals surface area contributed by atoms with Gasteiger partial charge in [-0.3, -0.25) is 4.79 Å². The highest BCUT2D eigenvalue weighted by molar-refractivity contribution is 6.06. The third-order valence-corrected chi connectivity index (χ3v) is 4.38. The van der Waals surface area contributed by atoms with Gasteiger partial charge in [-0.1, -0.05) is 19.1 Å². The van der Waals surface area contributed by atoms with Crippen molar-refractivity contribution in [2.24, 2.45) is 0 Å². The minimum Gasteiger partial charge on any atom is -0.374 e. The fraction of sp³-hybridized carbons (Fsp3) is 0.444. The van der Waals surface area contributed by atoms with Gasteiger partial charge in [-0.25, -0.2) is 0 Å². The molecule has 1 amide bonds. The van der Waals surface area contributed by atoms with Crippen molar-refractivity contribution in [3.05, 3.63) is 41.1 Å². The summed E-state index contributed by atoms with van der Waals surface area (Å²) in [5, 5.41) is 12.2. The van der Waals surface area contributed by atoms with E-state index >= 15 is 0 Å². The number of amides is 1. The third kappa shape index (κ3) is 4.33. The van der Waals surface area contributed by atoms with Crippen molar-refractivity contribution < 1.29 is 4.79 Å². The molecule has 5 heteroatoms. The Morgan fingerprint density at radius 2 is 2.00 bits per heavy atom. The highest BCUT2D eigenvalue weighted by Gasteiger charge is 2.16. The maximum absolute atomic E-state index is 12.4. The molecule has 0 saturated carbocycles. The quantitative estimate of drug-likeness (QED) is 0.684. The van der Waals surface area contributed by atoms with Crippen LogP contribution < -0.4 is 5.32 Å². The molecule has 0 atom stereocenters. The molecule has 1 N–H and O–H groups in total. The van der Waals surface area contributed by atoms with Crippen molar-refractivity contribution in [3.8, 4) is 6.07 Å². The first kappa shape index (κ1) is 17.0. The second-order valence-electron chi connectivity index (χ2n) is 5.83. The predicted molar refractivity (Wildman–Crippen MR) is 91.9 cm³/mol. The molecule has 1 aliphatic heterocycles. The van der Waals surface area contributed by atoms with Gasteiger partial charge in [0.1, 0.15) is 11.6 Å². The Bertz CT molecular complexity index is 637. The lowest BCUT2D eigenvalue weighted by molar-refractivity contribution is -0.112. The van der Waals surface area contributed by atoms with E-state index in [1.54, 1.807) is 6.20 Å². The zero-order valence-corrected chi connectivity index (χ0v) is 14.1. The first-order valence-electron chi connectivity index (χ1n) is 8.01. The van der Waals surface area contributed by atoms with E-state index in [-0.39, 0.29) is 11.5 Å². The number of nitrogens with zero attached hydrogens (tertiary/aromatic N) is 3. The number of nitrogens with one attached hydrogen (secondary N) is 1. The number of anilines is 1. The Hall–Kier alpha value is -2.32. The maximum atomic E-state index is 12.4. The van der Waals surface area contributed by atoms with Crippen molar-refractivity contribution in [2.75, 3.05) is 38.0 Å². The van der Waals surface area contributed by atoms with Crippen molar-refractivity contribution in [3.63, 3.8) is 0 Å². The SMILES string of the molecule is CCN1CCN(/C=C(/C#N)C(=O)Nc2cccc(C)c2C)CC1. The van der Waals surface area contributed by atoms with Crippen LogP contribution in [0.3, 0.4) is 0 Å². The Morgan fingerprint density at radius 1 is 1.30 bits per heavy atom. The van der Waals surface area contributed by atoms with Crippen molar-refractivity contribution >= 4 is 11.6 Å². The van der Waals surface area contributed by atoms with Crippen LogP contribution in [-0.4, -0.2) is 48.4 Å². The monoisotopic (exact) mass is 312 g/mol. The zero-order valence-electron chi connectivity index (χ0n) is 14.1. The highest BCUT2D eigenvalue weighted by atomic mass is 16.1. The molecule has 1 aromatic rings. The van der Waals surface area contributed by atoms with E-state index in [1.807, 2.05) is 43.0 Å². The summed E-state index contributed by atoms with van der Waals surface area (Å²) >= 11 is 0. The highest BCUT2D eigenvalue weighted by Crippen LogP contribution is 2.18. The number of piperazine rings is 1. The third-order valence-electron chi connectivity index (χ3n) is 4.38. The average molecular weight is 312 g/mol. The Labute approximate surface area is 138 Å². The van der Waals surface area contributed by atoms with E-state index in [9.17, 15) is 10.1 Å². The van der Waals surface area contributed by atoms with Crippen LogP contribution in [0.5, 0.6) is 0 Å². The molecule has 0 radical (unpaired) electrons. The van der Waals surface area contributed by atoms with E-state index in [1.165, 1.54) is 0 Å². The Kier molecular flexibility index (Phi) is 5.78. The lowest BCUT2D eigenvalue weighted by Crippen LogP contribution is -2.44. The normalized spacial score (nSPS) is 16.1. The minimum atomic E-state index is -0.348. The minimum absolute atomic E-state index is 0.149. The first-order valence-corrected chi connectivity index (χ1v) is 8.01. The lowest BCUT2D eigenvalue weighted by Gasteiger charge is -2.33. The molecule has 1 heterocycles. The first-order chi connectivity index (χ1) is 11.0. The van der Waals surface area contributed by atoms with Crippen LogP contribution in [0.25, 0.3) is 0 Å². The molecule has 1 aliphatic rings. The molecule has 0 aromatic heterocycles. The number of aryl methyl sites for hydroxylation is 1. The predicted octanol–water partition coefficient (Wildman–Crippen LogP) is 2.29. The molecule has 0 bridgehead atoms. The molecule has 0 unspecified atom stereocenters. The number of benzene rings is 1. The van der Waals surface area contributed by atoms with Crippen molar-refractivity contribution in [1.29, 1.82) is 5.26 Å². The van der Waals surface area contributed by atoms with Gasteiger partial charge in [-0.05, 0) is 37.6 Å². The van der Waals surface area contributed by atoms with E-state index in [0.29, 0.717) is 0 Å². The molecule has 1 saturated heterocycles. The molecule has 122 valence electrons. The van der Waals surface area contributed by atoms with Gasteiger partial charge in [0.05, 0.1) is 0 Å². The summed E-state index contributed by atoms with van der Waals surface area (Å²) in [6.45, 7) is 10.8. The van der Waals surface area contributed by atoms with E-state index < -0.39 is 0 Å². The van der Waals surface area contributed by atoms with E-state index in [4.69, 9.17) is 0 Å². The van der Waals surface area contributed by atoms with Crippen LogP contribution in [0.15, 0.2) is 30.0 Å². The number of hydrogen-bond donors (Lipinski definition) is 1. The number of carbonyl (C=O) groups excluding carboxylic acids is 1. The van der Waals surface area contributed by atoms with Crippen LogP contribution in [0, 0.1) is 25.2 Å². The van der Waals surface area contributed by atoms with Crippen LogP contribution in [0.2, 0.25) is 0 Å². The largest absolute Gasteiger partial charge is 0.374 e.